The molecule has 1 N–H and O–H groups in total. The molecule has 1 saturated heterocycles. The van der Waals surface area contributed by atoms with Crippen LogP contribution < -0.4 is 10.2 Å². The number of ether oxygens (including phenoxy) is 2. The van der Waals surface area contributed by atoms with Gasteiger partial charge in [0.05, 0.1) is 0 Å². The molecule has 42 heavy (non-hydrogen) atoms. The van der Waals surface area contributed by atoms with Gasteiger partial charge in [-0.1, -0.05) is 48.5 Å². The Morgan fingerprint density at radius 1 is 0.881 bits per heavy atom. The summed E-state index contributed by atoms with van der Waals surface area (Å²) in [4.78, 5) is 30.5. The Labute approximate surface area is 254 Å². The molecule has 3 aromatic rings. The molecular weight excluding hydrogens is 546 g/mol. The van der Waals surface area contributed by atoms with Crippen LogP contribution in [0, 0.1) is 20.8 Å². The number of alkyl carbamates (subject to hydrolysis) is 1. The number of amides is 2. The number of nitrogens with zero attached hydrogens (tertiary/aromatic N) is 2. The third-order valence-electron chi connectivity index (χ3n) is 8.33. The molecule has 1 aliphatic heterocycles. The van der Waals surface area contributed by atoms with Gasteiger partial charge < -0.3 is 24.6 Å². The fraction of sp³-hybridized carbons (Fsp3) is 0.412. The lowest BCUT2D eigenvalue weighted by molar-refractivity contribution is 0.0240. The predicted octanol–water partition coefficient (Wildman–Crippen LogP) is 7.00. The minimum absolute atomic E-state index is 0.0148. The van der Waals surface area contributed by atoms with Crippen molar-refractivity contribution < 1.29 is 19.1 Å². The first-order chi connectivity index (χ1) is 20.0. The third kappa shape index (κ3) is 5.95. The van der Waals surface area contributed by atoms with E-state index in [1.807, 2.05) is 52.0 Å². The summed E-state index contributed by atoms with van der Waals surface area (Å²) < 4.78 is 11.3. The Balaban J connectivity index is 1.25. The van der Waals surface area contributed by atoms with Crippen molar-refractivity contribution in [2.45, 2.75) is 64.5 Å². The van der Waals surface area contributed by atoms with Gasteiger partial charge >= 0.3 is 12.2 Å². The molecule has 0 aromatic heterocycles. The van der Waals surface area contributed by atoms with E-state index in [2.05, 4.69) is 48.3 Å². The minimum atomic E-state index is -0.519. The Morgan fingerprint density at radius 2 is 1.45 bits per heavy atom. The first-order valence-electron chi connectivity index (χ1n) is 14.6. The molecule has 0 radical (unpaired) electrons. The highest BCUT2D eigenvalue weighted by molar-refractivity contribution is 7.80. The molecule has 2 amide bonds. The number of hydrogen-bond acceptors (Lipinski definition) is 6. The topological polar surface area (TPSA) is 71.1 Å². The first kappa shape index (κ1) is 29.8. The molecule has 0 unspecified atom stereocenters. The van der Waals surface area contributed by atoms with Gasteiger partial charge in [0.15, 0.2) is 0 Å². The summed E-state index contributed by atoms with van der Waals surface area (Å²) in [5.41, 5.74) is 9.65. The Morgan fingerprint density at radius 3 is 2.02 bits per heavy atom. The van der Waals surface area contributed by atoms with Gasteiger partial charge in [-0.3, -0.25) is 0 Å². The Hall–Kier alpha value is -3.65. The average molecular weight is 588 g/mol. The number of benzene rings is 3. The SMILES string of the molecule is Cc1c(S)c(C)c(N2CCN(C(=O)OC(C)(C)C)CC2)c(C)c1CNC(=O)OCC1c2ccccc2-c2ccccc21. The lowest BCUT2D eigenvalue weighted by Crippen LogP contribution is -2.50. The molecule has 0 saturated carbocycles. The molecule has 0 atom stereocenters. The zero-order valence-corrected chi connectivity index (χ0v) is 26.3. The van der Waals surface area contributed by atoms with Crippen molar-refractivity contribution in [1.29, 1.82) is 0 Å². The predicted molar refractivity (Wildman–Crippen MR) is 170 cm³/mol. The molecule has 1 aliphatic carbocycles. The molecule has 2 aliphatic rings. The molecule has 0 spiro atoms. The van der Waals surface area contributed by atoms with Gasteiger partial charge in [-0.2, -0.15) is 0 Å². The zero-order chi connectivity index (χ0) is 30.2. The van der Waals surface area contributed by atoms with Crippen molar-refractivity contribution in [1.82, 2.24) is 10.2 Å². The van der Waals surface area contributed by atoms with Crippen LogP contribution in [0.1, 0.15) is 60.1 Å². The number of nitrogens with one attached hydrogen (secondary N) is 1. The van der Waals surface area contributed by atoms with Crippen molar-refractivity contribution in [3.8, 4) is 11.1 Å². The van der Waals surface area contributed by atoms with Crippen molar-refractivity contribution in [3.05, 3.63) is 81.9 Å². The van der Waals surface area contributed by atoms with E-state index in [1.165, 1.54) is 22.3 Å². The van der Waals surface area contributed by atoms with E-state index in [0.717, 1.165) is 32.8 Å². The highest BCUT2D eigenvalue weighted by Crippen LogP contribution is 2.44. The summed E-state index contributed by atoms with van der Waals surface area (Å²) >= 11 is 4.86. The molecule has 0 bridgehead atoms. The van der Waals surface area contributed by atoms with Crippen molar-refractivity contribution in [3.63, 3.8) is 0 Å². The second-order valence-electron chi connectivity index (χ2n) is 12.2. The average Bonchev–Trinajstić information content (AvgIpc) is 3.28. The fourth-order valence-electron chi connectivity index (χ4n) is 6.23. The summed E-state index contributed by atoms with van der Waals surface area (Å²) in [7, 11) is 0. The monoisotopic (exact) mass is 587 g/mol. The lowest BCUT2D eigenvalue weighted by Gasteiger charge is -2.39. The molecule has 3 aromatic carbocycles. The summed E-state index contributed by atoms with van der Waals surface area (Å²) in [5.74, 6) is 0.0148. The van der Waals surface area contributed by atoms with Crippen molar-refractivity contribution >= 4 is 30.5 Å². The van der Waals surface area contributed by atoms with E-state index in [0.29, 0.717) is 32.7 Å². The van der Waals surface area contributed by atoms with Gasteiger partial charge in [0.2, 0.25) is 0 Å². The summed E-state index contributed by atoms with van der Waals surface area (Å²) in [6.07, 6.45) is -0.716. The molecule has 5 rings (SSSR count). The quantitative estimate of drug-likeness (QED) is 0.315. The van der Waals surface area contributed by atoms with Crippen LogP contribution >= 0.6 is 12.6 Å². The molecule has 8 heteroatoms. The Kier molecular flexibility index (Phi) is 8.46. The highest BCUT2D eigenvalue weighted by Gasteiger charge is 2.30. The van der Waals surface area contributed by atoms with Crippen molar-refractivity contribution in [2.24, 2.45) is 0 Å². The maximum Gasteiger partial charge on any atom is 0.410 e. The molecule has 1 heterocycles. The van der Waals surface area contributed by atoms with Gasteiger partial charge in [0.25, 0.3) is 0 Å². The maximum absolute atomic E-state index is 12.9. The van der Waals surface area contributed by atoms with Gasteiger partial charge in [-0.05, 0) is 86.1 Å². The number of hydrogen-bond donors (Lipinski definition) is 2. The second kappa shape index (κ2) is 11.9. The van der Waals surface area contributed by atoms with Gasteiger partial charge in [0, 0.05) is 49.2 Å². The van der Waals surface area contributed by atoms with Crippen LogP contribution in [0.3, 0.4) is 0 Å². The first-order valence-corrected chi connectivity index (χ1v) is 15.0. The maximum atomic E-state index is 12.9. The molecular formula is C34H41N3O4S. The number of fused-ring (bicyclic) bond motifs is 3. The van der Waals surface area contributed by atoms with Gasteiger partial charge in [-0.15, -0.1) is 12.6 Å². The van der Waals surface area contributed by atoms with Crippen LogP contribution in [0.2, 0.25) is 0 Å². The van der Waals surface area contributed by atoms with Gasteiger partial charge in [0.1, 0.15) is 12.2 Å². The molecule has 222 valence electrons. The van der Waals surface area contributed by atoms with E-state index < -0.39 is 11.7 Å². The van der Waals surface area contributed by atoms with E-state index in [4.69, 9.17) is 22.1 Å². The summed E-state index contributed by atoms with van der Waals surface area (Å²) in [6.45, 7) is 15.0. The summed E-state index contributed by atoms with van der Waals surface area (Å²) in [5, 5.41) is 2.99. The lowest BCUT2D eigenvalue weighted by atomic mass is 9.95. The fourth-order valence-corrected chi connectivity index (χ4v) is 6.47. The van der Waals surface area contributed by atoms with Crippen LogP contribution in [-0.2, 0) is 16.0 Å². The van der Waals surface area contributed by atoms with E-state index in [-0.39, 0.29) is 18.6 Å². The number of carbonyl (C=O) groups excluding carboxylic acids is 2. The number of anilines is 1. The third-order valence-corrected chi connectivity index (χ3v) is 9.00. The van der Waals surface area contributed by atoms with E-state index >= 15 is 0 Å². The number of piperazine rings is 1. The van der Waals surface area contributed by atoms with E-state index in [1.54, 1.807) is 4.90 Å². The smallest absolute Gasteiger partial charge is 0.410 e. The van der Waals surface area contributed by atoms with Crippen LogP contribution in [0.15, 0.2) is 53.4 Å². The molecule has 7 nitrogen and oxygen atoms in total. The standard InChI is InChI=1S/C34H41N3O4S/c1-21-28(19-35-32(38)40-20-29-26-13-9-7-11-24(26)25-12-8-10-14-27(25)29)22(2)31(42)23(3)30(21)36-15-17-37(18-16-36)33(39)41-34(4,5)6/h7-14,29,42H,15-20H2,1-6H3,(H,35,38). The Bertz CT molecular complexity index is 1460. The zero-order valence-electron chi connectivity index (χ0n) is 25.4. The van der Waals surface area contributed by atoms with Crippen LogP contribution in [0.5, 0.6) is 0 Å². The van der Waals surface area contributed by atoms with E-state index in [9.17, 15) is 9.59 Å². The van der Waals surface area contributed by atoms with Crippen LogP contribution in [-0.4, -0.2) is 55.5 Å². The van der Waals surface area contributed by atoms with Crippen LogP contribution in [0.25, 0.3) is 11.1 Å². The number of carbonyl (C=O) groups is 2. The highest BCUT2D eigenvalue weighted by atomic mass is 32.1. The summed E-state index contributed by atoms with van der Waals surface area (Å²) in [6, 6.07) is 16.6. The largest absolute Gasteiger partial charge is 0.449 e. The van der Waals surface area contributed by atoms with Gasteiger partial charge in [-0.25, -0.2) is 9.59 Å². The van der Waals surface area contributed by atoms with Crippen molar-refractivity contribution in [2.75, 3.05) is 37.7 Å². The molecule has 1 fully saturated rings. The normalized spacial score (nSPS) is 14.8. The second-order valence-corrected chi connectivity index (χ2v) is 12.6. The number of thiol groups is 1. The van der Waals surface area contributed by atoms with Crippen LogP contribution in [0.4, 0.5) is 15.3 Å². The number of rotatable bonds is 5. The minimum Gasteiger partial charge on any atom is -0.449 e.